The zero-order valence-corrected chi connectivity index (χ0v) is 18.9. The predicted octanol–water partition coefficient (Wildman–Crippen LogP) is 4.74. The molecule has 6 nitrogen and oxygen atoms in total. The predicted molar refractivity (Wildman–Crippen MR) is 122 cm³/mol. The molecule has 1 aromatic heterocycles. The van der Waals surface area contributed by atoms with Crippen molar-refractivity contribution in [1.82, 2.24) is 19.9 Å². The Morgan fingerprint density at radius 1 is 1.03 bits per heavy atom. The van der Waals surface area contributed by atoms with Crippen LogP contribution in [-0.2, 0) is 6.42 Å². The summed E-state index contributed by atoms with van der Waals surface area (Å²) in [5.41, 5.74) is 2.73. The van der Waals surface area contributed by atoms with Crippen LogP contribution in [-0.4, -0.2) is 58.6 Å². The molecule has 2 aromatic carbocycles. The number of halogens is 2. The number of hydrogen-bond donors (Lipinski definition) is 0. The van der Waals surface area contributed by atoms with Gasteiger partial charge in [0.05, 0.1) is 10.0 Å². The molecule has 0 aliphatic carbocycles. The molecule has 1 aliphatic rings. The lowest BCUT2D eigenvalue weighted by Gasteiger charge is -2.34. The monoisotopic (exact) mass is 458 g/mol. The Hall–Kier alpha value is -2.41. The number of hydrogen-bond acceptors (Lipinski definition) is 5. The second-order valence-corrected chi connectivity index (χ2v) is 8.56. The molecule has 8 heteroatoms. The molecule has 1 saturated heterocycles. The van der Waals surface area contributed by atoms with E-state index in [1.807, 2.05) is 29.2 Å². The van der Waals surface area contributed by atoms with Crippen LogP contribution in [0.25, 0.3) is 11.4 Å². The Morgan fingerprint density at radius 3 is 2.48 bits per heavy atom. The van der Waals surface area contributed by atoms with Crippen LogP contribution in [0.2, 0.25) is 10.0 Å². The van der Waals surface area contributed by atoms with Crippen LogP contribution in [0.15, 0.2) is 47.0 Å². The Kier molecular flexibility index (Phi) is 6.90. The fraction of sp³-hybridized carbons (Fsp3) is 0.348. The van der Waals surface area contributed by atoms with Crippen LogP contribution < -0.4 is 0 Å². The van der Waals surface area contributed by atoms with Crippen molar-refractivity contribution in [1.29, 1.82) is 0 Å². The van der Waals surface area contributed by atoms with Crippen molar-refractivity contribution in [2.24, 2.45) is 0 Å². The number of carbonyl (C=O) groups is 1. The Morgan fingerprint density at radius 2 is 1.77 bits per heavy atom. The van der Waals surface area contributed by atoms with Crippen LogP contribution in [0.5, 0.6) is 0 Å². The van der Waals surface area contributed by atoms with Crippen molar-refractivity contribution >= 4 is 29.1 Å². The topological polar surface area (TPSA) is 62.5 Å². The summed E-state index contributed by atoms with van der Waals surface area (Å²) in [6, 6.07) is 13.1. The highest BCUT2D eigenvalue weighted by atomic mass is 35.5. The lowest BCUT2D eigenvalue weighted by molar-refractivity contribution is 0.0635. The molecule has 0 spiro atoms. The highest BCUT2D eigenvalue weighted by Crippen LogP contribution is 2.23. The summed E-state index contributed by atoms with van der Waals surface area (Å²) in [5.74, 6) is 1.28. The average Bonchev–Trinajstić information content (AvgIpc) is 3.25. The van der Waals surface area contributed by atoms with Gasteiger partial charge >= 0.3 is 0 Å². The summed E-state index contributed by atoms with van der Waals surface area (Å²) in [4.78, 5) is 21.4. The molecule has 0 saturated carbocycles. The van der Waals surface area contributed by atoms with Crippen LogP contribution >= 0.6 is 23.2 Å². The van der Waals surface area contributed by atoms with E-state index in [1.54, 1.807) is 18.2 Å². The average molecular weight is 459 g/mol. The van der Waals surface area contributed by atoms with E-state index >= 15 is 0 Å². The fourth-order valence-electron chi connectivity index (χ4n) is 3.62. The third-order valence-corrected chi connectivity index (χ3v) is 6.21. The van der Waals surface area contributed by atoms with Crippen molar-refractivity contribution in [3.05, 3.63) is 69.5 Å². The van der Waals surface area contributed by atoms with E-state index in [4.69, 9.17) is 27.7 Å². The highest BCUT2D eigenvalue weighted by Gasteiger charge is 2.22. The minimum atomic E-state index is -0.00675. The number of nitrogens with zero attached hydrogens (tertiary/aromatic N) is 4. The maximum absolute atomic E-state index is 12.7. The summed E-state index contributed by atoms with van der Waals surface area (Å²) in [5, 5.41) is 4.94. The number of aromatic nitrogens is 2. The van der Waals surface area contributed by atoms with Gasteiger partial charge in [0.1, 0.15) is 0 Å². The molecule has 0 atom stereocenters. The van der Waals surface area contributed by atoms with Crippen LogP contribution in [0.4, 0.5) is 0 Å². The van der Waals surface area contributed by atoms with Gasteiger partial charge in [-0.05, 0) is 38.1 Å². The number of benzene rings is 2. The normalized spacial score (nSPS) is 14.7. The molecule has 0 radical (unpaired) electrons. The maximum atomic E-state index is 12.7. The Bertz CT molecular complexity index is 1040. The smallest absolute Gasteiger partial charge is 0.253 e. The zero-order chi connectivity index (χ0) is 21.8. The van der Waals surface area contributed by atoms with E-state index in [0.29, 0.717) is 40.4 Å². The van der Waals surface area contributed by atoms with Gasteiger partial charge in [-0.3, -0.25) is 9.69 Å². The molecule has 4 rings (SSSR count). The first-order valence-corrected chi connectivity index (χ1v) is 11.1. The molecular weight excluding hydrogens is 435 g/mol. The van der Waals surface area contributed by atoms with Crippen molar-refractivity contribution in [2.75, 3.05) is 32.7 Å². The van der Waals surface area contributed by atoms with Gasteiger partial charge in [0.2, 0.25) is 11.7 Å². The van der Waals surface area contributed by atoms with E-state index in [2.05, 4.69) is 22.0 Å². The molecule has 1 aliphatic heterocycles. The number of carbonyl (C=O) groups excluding carboxylic acids is 1. The quantitative estimate of drug-likeness (QED) is 0.533. The van der Waals surface area contributed by atoms with Crippen molar-refractivity contribution in [3.63, 3.8) is 0 Å². The van der Waals surface area contributed by atoms with Crippen LogP contribution in [0, 0.1) is 6.92 Å². The second kappa shape index (κ2) is 9.81. The maximum Gasteiger partial charge on any atom is 0.253 e. The summed E-state index contributed by atoms with van der Waals surface area (Å²) in [6.45, 7) is 6.04. The Labute approximate surface area is 191 Å². The van der Waals surface area contributed by atoms with E-state index < -0.39 is 0 Å². The van der Waals surface area contributed by atoms with Gasteiger partial charge in [-0.15, -0.1) is 0 Å². The molecule has 1 amide bonds. The number of rotatable bonds is 6. The first kappa shape index (κ1) is 21.8. The first-order chi connectivity index (χ1) is 15.0. The molecule has 31 heavy (non-hydrogen) atoms. The molecular formula is C23H24Cl2N4O2. The van der Waals surface area contributed by atoms with Crippen LogP contribution in [0.1, 0.15) is 28.2 Å². The second-order valence-electron chi connectivity index (χ2n) is 7.74. The Balaban J connectivity index is 1.22. The number of aryl methyl sites for hydroxylation is 2. The lowest BCUT2D eigenvalue weighted by atomic mass is 10.1. The molecule has 1 fully saturated rings. The van der Waals surface area contributed by atoms with E-state index in [1.165, 1.54) is 5.56 Å². The van der Waals surface area contributed by atoms with Gasteiger partial charge in [-0.25, -0.2) is 0 Å². The number of piperazine rings is 1. The molecule has 0 unspecified atom stereocenters. The van der Waals surface area contributed by atoms with Gasteiger partial charge < -0.3 is 9.42 Å². The van der Waals surface area contributed by atoms with Gasteiger partial charge in [-0.1, -0.05) is 58.2 Å². The third kappa shape index (κ3) is 5.45. The van der Waals surface area contributed by atoms with E-state index in [9.17, 15) is 4.79 Å². The summed E-state index contributed by atoms with van der Waals surface area (Å²) in [6.07, 6.45) is 1.66. The lowest BCUT2D eigenvalue weighted by Crippen LogP contribution is -2.48. The minimum Gasteiger partial charge on any atom is -0.339 e. The van der Waals surface area contributed by atoms with Crippen LogP contribution in [0.3, 0.4) is 0 Å². The molecule has 0 N–H and O–H groups in total. The van der Waals surface area contributed by atoms with Gasteiger partial charge in [0.25, 0.3) is 5.91 Å². The van der Waals surface area contributed by atoms with Crippen molar-refractivity contribution < 1.29 is 9.32 Å². The third-order valence-electron chi connectivity index (χ3n) is 5.47. The van der Waals surface area contributed by atoms with E-state index in [0.717, 1.165) is 38.0 Å². The first-order valence-electron chi connectivity index (χ1n) is 10.4. The highest BCUT2D eigenvalue weighted by molar-refractivity contribution is 6.42. The minimum absolute atomic E-state index is 0.00675. The summed E-state index contributed by atoms with van der Waals surface area (Å²) in [7, 11) is 0. The summed E-state index contributed by atoms with van der Waals surface area (Å²) >= 11 is 12.0. The molecule has 0 bridgehead atoms. The SMILES string of the molecule is Cc1ccc(-c2noc(CCCN3CCN(C(=O)c4ccc(Cl)c(Cl)c4)CC3)n2)cc1. The van der Waals surface area contributed by atoms with E-state index in [-0.39, 0.29) is 5.91 Å². The fourth-order valence-corrected chi connectivity index (χ4v) is 3.91. The zero-order valence-electron chi connectivity index (χ0n) is 17.4. The number of amides is 1. The molecule has 162 valence electrons. The van der Waals surface area contributed by atoms with Crippen molar-refractivity contribution in [2.45, 2.75) is 19.8 Å². The largest absolute Gasteiger partial charge is 0.339 e. The van der Waals surface area contributed by atoms with Gasteiger partial charge in [-0.2, -0.15) is 4.98 Å². The summed E-state index contributed by atoms with van der Waals surface area (Å²) < 4.78 is 5.40. The molecule has 2 heterocycles. The van der Waals surface area contributed by atoms with Gasteiger partial charge in [0, 0.05) is 43.7 Å². The van der Waals surface area contributed by atoms with Crippen molar-refractivity contribution in [3.8, 4) is 11.4 Å². The van der Waals surface area contributed by atoms with Gasteiger partial charge in [0.15, 0.2) is 0 Å². The molecule has 3 aromatic rings. The standard InChI is InChI=1S/C23H24Cl2N4O2/c1-16-4-6-17(7-5-16)22-26-21(31-27-22)3-2-10-28-11-13-29(14-12-28)23(30)18-8-9-19(24)20(25)15-18/h4-9,15H,2-3,10-14H2,1H3.